The van der Waals surface area contributed by atoms with E-state index in [1.165, 1.54) is 12.7 Å². The predicted octanol–water partition coefficient (Wildman–Crippen LogP) is 3.12. The Kier molecular flexibility index (Phi) is 4.53. The number of benzene rings is 1. The number of ether oxygens (including phenoxy) is 1. The molecule has 1 aromatic carbocycles. The Morgan fingerprint density at radius 2 is 2.04 bits per heavy atom. The number of rotatable bonds is 4. The van der Waals surface area contributed by atoms with E-state index in [9.17, 15) is 9.59 Å². The number of likely N-dealkylation sites (N-methyl/N-ethyl adjacent to an activating group) is 1. The van der Waals surface area contributed by atoms with E-state index in [1.54, 1.807) is 0 Å². The standard InChI is InChI=1S/C22H30N2O3/c1-4-21(12-10-18(25)27-3)11-7-14-24-15-13-22(19(21)24)16-8-5-6-9-17(16)23(2)20(22)26/h5-6,8-9,19H,4,7,10-15H2,1-3H3. The summed E-state index contributed by atoms with van der Waals surface area (Å²) < 4.78 is 4.93. The van der Waals surface area contributed by atoms with Crippen molar-refractivity contribution < 1.29 is 14.3 Å². The van der Waals surface area contributed by atoms with Crippen LogP contribution < -0.4 is 4.90 Å². The number of methoxy groups -OCH3 is 1. The summed E-state index contributed by atoms with van der Waals surface area (Å²) in [5.41, 5.74) is 1.73. The monoisotopic (exact) mass is 370 g/mol. The molecule has 1 amide bonds. The highest BCUT2D eigenvalue weighted by molar-refractivity contribution is 6.08. The van der Waals surface area contributed by atoms with E-state index < -0.39 is 5.41 Å². The molecule has 3 unspecified atom stereocenters. The molecule has 2 fully saturated rings. The number of carbonyl (C=O) groups excluding carboxylic acids is 2. The first-order valence-corrected chi connectivity index (χ1v) is 10.2. The fourth-order valence-electron chi connectivity index (χ4n) is 6.25. The van der Waals surface area contributed by atoms with E-state index in [-0.39, 0.29) is 23.3 Å². The Balaban J connectivity index is 1.81. The molecule has 4 rings (SSSR count). The molecule has 27 heavy (non-hydrogen) atoms. The molecular formula is C22H30N2O3. The third-order valence-corrected chi connectivity index (χ3v) is 7.52. The van der Waals surface area contributed by atoms with Crippen LogP contribution in [0.2, 0.25) is 0 Å². The molecule has 0 aromatic heterocycles. The van der Waals surface area contributed by atoms with Crippen LogP contribution in [-0.4, -0.2) is 50.1 Å². The number of nitrogens with zero attached hydrogens (tertiary/aromatic N) is 2. The van der Waals surface area contributed by atoms with Crippen LogP contribution in [0.1, 0.15) is 51.0 Å². The van der Waals surface area contributed by atoms with Gasteiger partial charge in [0.25, 0.3) is 0 Å². The lowest BCUT2D eigenvalue weighted by atomic mass is 9.58. The molecule has 0 saturated carbocycles. The zero-order valence-electron chi connectivity index (χ0n) is 16.7. The van der Waals surface area contributed by atoms with Gasteiger partial charge in [-0.1, -0.05) is 25.1 Å². The first-order chi connectivity index (χ1) is 13.0. The van der Waals surface area contributed by atoms with Crippen LogP contribution in [0.25, 0.3) is 0 Å². The second kappa shape index (κ2) is 6.62. The quantitative estimate of drug-likeness (QED) is 0.764. The molecule has 3 atom stereocenters. The summed E-state index contributed by atoms with van der Waals surface area (Å²) in [6, 6.07) is 8.44. The SMILES string of the molecule is CCC1(CCC(=O)OC)CCCN2CCC3(C(=O)N(C)c4ccccc43)C21. The largest absolute Gasteiger partial charge is 0.469 e. The Morgan fingerprint density at radius 3 is 2.78 bits per heavy atom. The number of amides is 1. The zero-order chi connectivity index (χ0) is 19.2. The summed E-state index contributed by atoms with van der Waals surface area (Å²) in [6.45, 7) is 4.23. The normalized spacial score (nSPS) is 32.6. The third kappa shape index (κ3) is 2.47. The fourth-order valence-corrected chi connectivity index (χ4v) is 6.25. The van der Waals surface area contributed by atoms with E-state index in [0.717, 1.165) is 50.9 Å². The molecule has 5 heteroatoms. The van der Waals surface area contributed by atoms with Crippen molar-refractivity contribution in [3.05, 3.63) is 29.8 Å². The van der Waals surface area contributed by atoms with Gasteiger partial charge in [-0.3, -0.25) is 14.5 Å². The molecule has 146 valence electrons. The molecule has 2 saturated heterocycles. The molecule has 0 aliphatic carbocycles. The number of para-hydroxylation sites is 1. The maximum absolute atomic E-state index is 13.6. The van der Waals surface area contributed by atoms with Crippen molar-refractivity contribution in [3.8, 4) is 0 Å². The van der Waals surface area contributed by atoms with Crippen molar-refractivity contribution in [3.63, 3.8) is 0 Å². The van der Waals surface area contributed by atoms with Gasteiger partial charge in [0.05, 0.1) is 12.5 Å². The molecular weight excluding hydrogens is 340 g/mol. The highest BCUT2D eigenvalue weighted by atomic mass is 16.5. The van der Waals surface area contributed by atoms with Gasteiger partial charge in [-0.15, -0.1) is 0 Å². The number of anilines is 1. The molecule has 5 nitrogen and oxygen atoms in total. The highest BCUT2D eigenvalue weighted by Crippen LogP contribution is 2.59. The zero-order valence-corrected chi connectivity index (χ0v) is 16.7. The minimum absolute atomic E-state index is 0.0309. The van der Waals surface area contributed by atoms with E-state index in [4.69, 9.17) is 4.74 Å². The number of hydrogen-bond acceptors (Lipinski definition) is 4. The van der Waals surface area contributed by atoms with Crippen LogP contribution in [0.3, 0.4) is 0 Å². The van der Waals surface area contributed by atoms with Gasteiger partial charge in [-0.25, -0.2) is 0 Å². The molecule has 3 aliphatic heterocycles. The van der Waals surface area contributed by atoms with Gasteiger partial charge < -0.3 is 9.64 Å². The molecule has 3 aliphatic rings. The maximum Gasteiger partial charge on any atom is 0.305 e. The lowest BCUT2D eigenvalue weighted by molar-refractivity contribution is -0.142. The van der Waals surface area contributed by atoms with Crippen LogP contribution in [0.4, 0.5) is 5.69 Å². The van der Waals surface area contributed by atoms with Gasteiger partial charge in [0, 0.05) is 25.2 Å². The molecule has 0 radical (unpaired) electrons. The van der Waals surface area contributed by atoms with Gasteiger partial charge in [0.2, 0.25) is 5.91 Å². The Bertz CT molecular complexity index is 764. The second-order valence-electron chi connectivity index (χ2n) is 8.44. The number of esters is 1. The minimum atomic E-state index is -0.474. The van der Waals surface area contributed by atoms with Gasteiger partial charge in [-0.2, -0.15) is 0 Å². The average molecular weight is 370 g/mol. The van der Waals surface area contributed by atoms with Gasteiger partial charge in [0.15, 0.2) is 0 Å². The Morgan fingerprint density at radius 1 is 1.26 bits per heavy atom. The molecule has 0 N–H and O–H groups in total. The van der Waals surface area contributed by atoms with Crippen LogP contribution in [0.15, 0.2) is 24.3 Å². The van der Waals surface area contributed by atoms with E-state index in [1.807, 2.05) is 18.0 Å². The first kappa shape index (κ1) is 18.5. The average Bonchev–Trinajstić information content (AvgIpc) is 3.20. The number of carbonyl (C=O) groups is 2. The Hall–Kier alpha value is -1.88. The van der Waals surface area contributed by atoms with Crippen molar-refractivity contribution in [2.75, 3.05) is 32.1 Å². The smallest absolute Gasteiger partial charge is 0.305 e. The third-order valence-electron chi connectivity index (χ3n) is 7.52. The molecule has 1 aromatic rings. The maximum atomic E-state index is 13.6. The summed E-state index contributed by atoms with van der Waals surface area (Å²) in [5.74, 6) is 0.0799. The van der Waals surface area contributed by atoms with Crippen LogP contribution in [0.5, 0.6) is 0 Å². The van der Waals surface area contributed by atoms with Crippen molar-refractivity contribution in [2.24, 2.45) is 5.41 Å². The number of fused-ring (bicyclic) bond motifs is 4. The summed E-state index contributed by atoms with van der Waals surface area (Å²) in [4.78, 5) is 30.0. The lowest BCUT2D eigenvalue weighted by Gasteiger charge is -2.52. The summed E-state index contributed by atoms with van der Waals surface area (Å²) in [6.07, 6.45) is 5.27. The lowest BCUT2D eigenvalue weighted by Crippen LogP contribution is -2.59. The summed E-state index contributed by atoms with van der Waals surface area (Å²) >= 11 is 0. The van der Waals surface area contributed by atoms with Crippen molar-refractivity contribution in [2.45, 2.75) is 56.9 Å². The Labute approximate surface area is 161 Å². The number of piperidine rings is 1. The predicted molar refractivity (Wildman–Crippen MR) is 105 cm³/mol. The van der Waals surface area contributed by atoms with E-state index >= 15 is 0 Å². The second-order valence-corrected chi connectivity index (χ2v) is 8.44. The summed E-state index contributed by atoms with van der Waals surface area (Å²) in [7, 11) is 3.36. The first-order valence-electron chi connectivity index (χ1n) is 10.2. The fraction of sp³-hybridized carbons (Fsp3) is 0.636. The van der Waals surface area contributed by atoms with E-state index in [0.29, 0.717) is 6.42 Å². The van der Waals surface area contributed by atoms with Gasteiger partial charge >= 0.3 is 5.97 Å². The van der Waals surface area contributed by atoms with Crippen LogP contribution in [0, 0.1) is 5.41 Å². The van der Waals surface area contributed by atoms with E-state index in [2.05, 4.69) is 30.0 Å². The molecule has 0 bridgehead atoms. The van der Waals surface area contributed by atoms with Gasteiger partial charge in [0.1, 0.15) is 0 Å². The van der Waals surface area contributed by atoms with Crippen LogP contribution in [-0.2, 0) is 19.7 Å². The minimum Gasteiger partial charge on any atom is -0.469 e. The molecule has 3 heterocycles. The van der Waals surface area contributed by atoms with Crippen molar-refractivity contribution in [1.29, 1.82) is 0 Å². The summed E-state index contributed by atoms with van der Waals surface area (Å²) in [5, 5.41) is 0. The van der Waals surface area contributed by atoms with Gasteiger partial charge in [-0.05, 0) is 62.2 Å². The molecule has 1 spiro atoms. The van der Waals surface area contributed by atoms with Crippen LogP contribution >= 0.6 is 0 Å². The number of hydrogen-bond donors (Lipinski definition) is 0. The topological polar surface area (TPSA) is 49.9 Å². The van der Waals surface area contributed by atoms with Crippen molar-refractivity contribution >= 4 is 17.6 Å². The van der Waals surface area contributed by atoms with Crippen molar-refractivity contribution in [1.82, 2.24) is 4.90 Å². The highest BCUT2D eigenvalue weighted by Gasteiger charge is 2.65.